The molecule has 1 aromatic carbocycles. The van der Waals surface area contributed by atoms with E-state index in [1.165, 1.54) is 11.3 Å². The number of aliphatic carboxylic acids is 1. The molecule has 1 atom stereocenters. The molecule has 7 heteroatoms. The Morgan fingerprint density at radius 1 is 1.36 bits per heavy atom. The highest BCUT2D eigenvalue weighted by Crippen LogP contribution is 2.31. The number of phenolic OH excluding ortho intramolecular Hbond substituents is 1. The lowest BCUT2D eigenvalue weighted by Gasteiger charge is -2.29. The van der Waals surface area contributed by atoms with Crippen LogP contribution in [0.1, 0.15) is 17.8 Å². The van der Waals surface area contributed by atoms with Crippen LogP contribution in [-0.2, 0) is 11.3 Å². The normalized spacial score (nSPS) is 19.2. The highest BCUT2D eigenvalue weighted by molar-refractivity contribution is 7.14. The van der Waals surface area contributed by atoms with Crippen LogP contribution in [0.4, 0.5) is 0 Å². The number of phenols is 1. The highest BCUT2D eigenvalue weighted by Gasteiger charge is 2.26. The number of carbonyl (C=O) groups is 1. The Bertz CT molecular complexity index is 674. The van der Waals surface area contributed by atoms with Crippen molar-refractivity contribution in [1.82, 2.24) is 15.1 Å². The summed E-state index contributed by atoms with van der Waals surface area (Å²) in [5.74, 6) is -0.828. The number of hydrogen-bond acceptors (Lipinski definition) is 6. The standard InChI is InChI=1S/C15H17N3O3S/c19-12-6-2-1-5-11(12)14-17-16-13(22-14)9-18-7-3-4-10(8-18)15(20)21/h1-2,5-6,10,19H,3-4,7-9H2,(H,20,21). The van der Waals surface area contributed by atoms with Crippen molar-refractivity contribution < 1.29 is 15.0 Å². The summed E-state index contributed by atoms with van der Waals surface area (Å²) in [6.45, 7) is 2.05. The first-order valence-electron chi connectivity index (χ1n) is 7.19. The molecule has 2 aromatic rings. The van der Waals surface area contributed by atoms with Crippen molar-refractivity contribution in [2.45, 2.75) is 19.4 Å². The van der Waals surface area contributed by atoms with E-state index in [9.17, 15) is 9.90 Å². The Hall–Kier alpha value is -1.99. The van der Waals surface area contributed by atoms with Crippen molar-refractivity contribution in [2.75, 3.05) is 13.1 Å². The van der Waals surface area contributed by atoms with Gasteiger partial charge in [0.1, 0.15) is 10.8 Å². The van der Waals surface area contributed by atoms with Crippen LogP contribution in [0.3, 0.4) is 0 Å². The molecule has 3 rings (SSSR count). The Kier molecular flexibility index (Phi) is 4.35. The third-order valence-electron chi connectivity index (χ3n) is 3.81. The van der Waals surface area contributed by atoms with E-state index < -0.39 is 5.97 Å². The largest absolute Gasteiger partial charge is 0.507 e. The summed E-state index contributed by atoms with van der Waals surface area (Å²) in [5, 5.41) is 28.8. The van der Waals surface area contributed by atoms with Crippen LogP contribution in [0.25, 0.3) is 10.6 Å². The molecule has 0 aliphatic carbocycles. The summed E-state index contributed by atoms with van der Waals surface area (Å²) in [4.78, 5) is 13.2. The molecule has 1 saturated heterocycles. The van der Waals surface area contributed by atoms with Gasteiger partial charge in [0.05, 0.1) is 18.0 Å². The van der Waals surface area contributed by atoms with Crippen LogP contribution >= 0.6 is 11.3 Å². The smallest absolute Gasteiger partial charge is 0.307 e. The second-order valence-corrected chi connectivity index (χ2v) is 6.49. The zero-order chi connectivity index (χ0) is 15.5. The summed E-state index contributed by atoms with van der Waals surface area (Å²) in [7, 11) is 0. The molecule has 1 aliphatic heterocycles. The summed E-state index contributed by atoms with van der Waals surface area (Å²) in [5.41, 5.74) is 0.674. The fraction of sp³-hybridized carbons (Fsp3) is 0.400. The lowest BCUT2D eigenvalue weighted by molar-refractivity contribution is -0.143. The van der Waals surface area contributed by atoms with Crippen LogP contribution in [0.2, 0.25) is 0 Å². The fourth-order valence-electron chi connectivity index (χ4n) is 2.67. The average Bonchev–Trinajstić information content (AvgIpc) is 2.96. The Morgan fingerprint density at radius 3 is 2.95 bits per heavy atom. The first kappa shape index (κ1) is 14.9. The number of piperidine rings is 1. The van der Waals surface area contributed by atoms with Crippen molar-refractivity contribution in [3.8, 4) is 16.3 Å². The van der Waals surface area contributed by atoms with Gasteiger partial charge in [-0.2, -0.15) is 0 Å². The molecule has 0 spiro atoms. The van der Waals surface area contributed by atoms with Crippen LogP contribution in [0.5, 0.6) is 5.75 Å². The number of aromatic hydroxyl groups is 1. The molecule has 2 heterocycles. The predicted octanol–water partition coefficient (Wildman–Crippen LogP) is 2.21. The molecule has 0 bridgehead atoms. The third-order valence-corrected chi connectivity index (χ3v) is 4.76. The lowest BCUT2D eigenvalue weighted by atomic mass is 9.98. The minimum Gasteiger partial charge on any atom is -0.507 e. The monoisotopic (exact) mass is 319 g/mol. The fourth-order valence-corrected chi connectivity index (χ4v) is 3.59. The van der Waals surface area contributed by atoms with E-state index >= 15 is 0 Å². The number of para-hydroxylation sites is 1. The number of carboxylic acid groups (broad SMARTS) is 1. The van der Waals surface area contributed by atoms with E-state index in [-0.39, 0.29) is 11.7 Å². The first-order valence-corrected chi connectivity index (χ1v) is 8.01. The molecule has 1 aromatic heterocycles. The van der Waals surface area contributed by atoms with Gasteiger partial charge in [0, 0.05) is 6.54 Å². The minimum absolute atomic E-state index is 0.189. The van der Waals surface area contributed by atoms with Gasteiger partial charge in [0.15, 0.2) is 5.01 Å². The van der Waals surface area contributed by atoms with Crippen molar-refractivity contribution >= 4 is 17.3 Å². The molecule has 0 radical (unpaired) electrons. The van der Waals surface area contributed by atoms with Crippen molar-refractivity contribution in [2.24, 2.45) is 5.92 Å². The number of nitrogens with zero attached hydrogens (tertiary/aromatic N) is 3. The van der Waals surface area contributed by atoms with E-state index in [4.69, 9.17) is 5.11 Å². The summed E-state index contributed by atoms with van der Waals surface area (Å²) in [6.07, 6.45) is 1.63. The molecular weight excluding hydrogens is 302 g/mol. The Morgan fingerprint density at radius 2 is 2.18 bits per heavy atom. The van der Waals surface area contributed by atoms with E-state index in [0.717, 1.165) is 24.4 Å². The molecule has 1 unspecified atom stereocenters. The quantitative estimate of drug-likeness (QED) is 0.898. The van der Waals surface area contributed by atoms with Gasteiger partial charge in [-0.05, 0) is 31.5 Å². The van der Waals surface area contributed by atoms with Crippen molar-refractivity contribution in [3.05, 3.63) is 29.3 Å². The first-order chi connectivity index (χ1) is 10.6. The number of benzene rings is 1. The Balaban J connectivity index is 1.70. The summed E-state index contributed by atoms with van der Waals surface area (Å²) in [6, 6.07) is 7.04. The van der Waals surface area contributed by atoms with E-state index in [0.29, 0.717) is 23.7 Å². The van der Waals surface area contributed by atoms with E-state index in [2.05, 4.69) is 15.1 Å². The minimum atomic E-state index is -0.725. The topological polar surface area (TPSA) is 86.5 Å². The molecule has 1 fully saturated rings. The van der Waals surface area contributed by atoms with Gasteiger partial charge in [0.25, 0.3) is 0 Å². The maximum Gasteiger partial charge on any atom is 0.307 e. The number of aromatic nitrogens is 2. The molecular formula is C15H17N3O3S. The summed E-state index contributed by atoms with van der Waals surface area (Å²) >= 11 is 1.43. The number of likely N-dealkylation sites (tertiary alicyclic amines) is 1. The molecule has 0 amide bonds. The zero-order valence-corrected chi connectivity index (χ0v) is 12.8. The molecule has 0 saturated carbocycles. The van der Waals surface area contributed by atoms with Crippen LogP contribution < -0.4 is 0 Å². The van der Waals surface area contributed by atoms with Gasteiger partial charge >= 0.3 is 5.97 Å². The van der Waals surface area contributed by atoms with Crippen LogP contribution in [0.15, 0.2) is 24.3 Å². The highest BCUT2D eigenvalue weighted by atomic mass is 32.1. The molecule has 22 heavy (non-hydrogen) atoms. The van der Waals surface area contributed by atoms with Gasteiger partial charge in [0.2, 0.25) is 0 Å². The van der Waals surface area contributed by atoms with Gasteiger partial charge in [-0.15, -0.1) is 10.2 Å². The van der Waals surface area contributed by atoms with Gasteiger partial charge < -0.3 is 10.2 Å². The van der Waals surface area contributed by atoms with Crippen LogP contribution in [-0.4, -0.2) is 44.4 Å². The van der Waals surface area contributed by atoms with E-state index in [1.807, 2.05) is 6.07 Å². The third kappa shape index (κ3) is 3.26. The molecule has 6 nitrogen and oxygen atoms in total. The van der Waals surface area contributed by atoms with Crippen molar-refractivity contribution in [1.29, 1.82) is 0 Å². The molecule has 1 aliphatic rings. The van der Waals surface area contributed by atoms with Crippen molar-refractivity contribution in [3.63, 3.8) is 0 Å². The summed E-state index contributed by atoms with van der Waals surface area (Å²) < 4.78 is 0. The van der Waals surface area contributed by atoms with Crippen LogP contribution in [0, 0.1) is 5.92 Å². The lowest BCUT2D eigenvalue weighted by Crippen LogP contribution is -2.38. The zero-order valence-electron chi connectivity index (χ0n) is 12.0. The predicted molar refractivity (Wildman–Crippen MR) is 82.6 cm³/mol. The second-order valence-electron chi connectivity index (χ2n) is 5.43. The Labute approximate surface area is 132 Å². The van der Waals surface area contributed by atoms with Gasteiger partial charge in [-0.25, -0.2) is 0 Å². The maximum absolute atomic E-state index is 11.1. The van der Waals surface area contributed by atoms with Gasteiger partial charge in [-0.1, -0.05) is 23.5 Å². The average molecular weight is 319 g/mol. The van der Waals surface area contributed by atoms with Gasteiger partial charge in [-0.3, -0.25) is 9.69 Å². The SMILES string of the molecule is O=C(O)C1CCCN(Cc2nnc(-c3ccccc3O)s2)C1. The molecule has 2 N–H and O–H groups in total. The maximum atomic E-state index is 11.1. The second kappa shape index (κ2) is 6.41. The number of hydrogen-bond donors (Lipinski definition) is 2. The molecule has 116 valence electrons. The van der Waals surface area contributed by atoms with E-state index in [1.54, 1.807) is 18.2 Å². The number of rotatable bonds is 4. The number of carboxylic acids is 1.